The van der Waals surface area contributed by atoms with Gasteiger partial charge in [0.25, 0.3) is 0 Å². The molecule has 0 aliphatic rings. The Balaban J connectivity index is 2.02. The van der Waals surface area contributed by atoms with Gasteiger partial charge >= 0.3 is 0 Å². The molecule has 1 aromatic carbocycles. The number of aryl methyl sites for hydroxylation is 1. The largest absolute Gasteiger partial charge is 0.468 e. The Morgan fingerprint density at radius 1 is 1.45 bits per heavy atom. The van der Waals surface area contributed by atoms with Gasteiger partial charge in [0.1, 0.15) is 5.76 Å². The van der Waals surface area contributed by atoms with Crippen molar-refractivity contribution >= 4 is 40.6 Å². The fourth-order valence-electron chi connectivity index (χ4n) is 1.61. The van der Waals surface area contributed by atoms with Crippen LogP contribution in [0.15, 0.2) is 39.8 Å². The van der Waals surface area contributed by atoms with Crippen LogP contribution in [-0.4, -0.2) is 11.2 Å². The number of hydrogen-bond donors (Lipinski definition) is 2. The molecule has 0 radical (unpaired) electrons. The van der Waals surface area contributed by atoms with E-state index in [2.05, 4.69) is 5.32 Å². The van der Waals surface area contributed by atoms with Gasteiger partial charge in [-0.3, -0.25) is 4.79 Å². The Labute approximate surface area is 126 Å². The van der Waals surface area contributed by atoms with E-state index in [9.17, 15) is 4.79 Å². The summed E-state index contributed by atoms with van der Waals surface area (Å²) in [5.74, 6) is 0.683. The lowest BCUT2D eigenvalue weighted by Crippen LogP contribution is -2.22. The summed E-state index contributed by atoms with van der Waals surface area (Å²) in [6, 6.07) is 6.84. The summed E-state index contributed by atoms with van der Waals surface area (Å²) in [4.78, 5) is 13.1. The predicted octanol–water partition coefficient (Wildman–Crippen LogP) is 3.94. The molecule has 0 aliphatic heterocycles. The molecule has 1 amide bonds. The van der Waals surface area contributed by atoms with E-state index in [0.29, 0.717) is 16.4 Å². The van der Waals surface area contributed by atoms with Crippen LogP contribution >= 0.6 is 23.4 Å². The second kappa shape index (κ2) is 6.24. The highest BCUT2D eigenvalue weighted by Gasteiger charge is 2.17. The van der Waals surface area contributed by atoms with Crippen molar-refractivity contribution in [1.29, 1.82) is 0 Å². The molecule has 106 valence electrons. The molecule has 3 N–H and O–H groups in total. The summed E-state index contributed by atoms with van der Waals surface area (Å²) in [6.45, 7) is 3.70. The summed E-state index contributed by atoms with van der Waals surface area (Å²) < 4.78 is 5.21. The van der Waals surface area contributed by atoms with E-state index in [-0.39, 0.29) is 11.2 Å². The van der Waals surface area contributed by atoms with E-state index in [1.807, 2.05) is 19.9 Å². The fourth-order valence-corrected chi connectivity index (χ4v) is 2.74. The SMILES string of the molecule is Cc1occc1SC(C)C(=O)Nc1ccc(N)cc1Cl. The van der Waals surface area contributed by atoms with Crippen molar-refractivity contribution in [2.45, 2.75) is 24.0 Å². The van der Waals surface area contributed by atoms with Gasteiger partial charge in [0.15, 0.2) is 0 Å². The van der Waals surface area contributed by atoms with Crippen molar-refractivity contribution in [3.8, 4) is 0 Å². The monoisotopic (exact) mass is 310 g/mol. The van der Waals surface area contributed by atoms with Crippen LogP contribution in [0, 0.1) is 6.92 Å². The smallest absolute Gasteiger partial charge is 0.237 e. The number of thioether (sulfide) groups is 1. The molecule has 20 heavy (non-hydrogen) atoms. The summed E-state index contributed by atoms with van der Waals surface area (Å²) in [5, 5.41) is 2.95. The highest BCUT2D eigenvalue weighted by atomic mass is 35.5. The standard InChI is InChI=1S/C14H15ClN2O2S/c1-8-13(5-6-19-8)20-9(2)14(18)17-12-4-3-10(16)7-11(12)15/h3-7,9H,16H2,1-2H3,(H,17,18). The summed E-state index contributed by atoms with van der Waals surface area (Å²) in [7, 11) is 0. The first-order valence-electron chi connectivity index (χ1n) is 6.04. The van der Waals surface area contributed by atoms with Gasteiger partial charge < -0.3 is 15.5 Å². The number of halogens is 1. The second-order valence-corrected chi connectivity index (χ2v) is 6.12. The zero-order chi connectivity index (χ0) is 14.7. The lowest BCUT2D eigenvalue weighted by Gasteiger charge is -2.12. The Hall–Kier alpha value is -1.59. The second-order valence-electron chi connectivity index (χ2n) is 4.33. The fraction of sp³-hybridized carbons (Fsp3) is 0.214. The molecule has 6 heteroatoms. The van der Waals surface area contributed by atoms with Crippen LogP contribution in [-0.2, 0) is 4.79 Å². The summed E-state index contributed by atoms with van der Waals surface area (Å²) >= 11 is 7.47. The molecule has 0 aliphatic carbocycles. The van der Waals surface area contributed by atoms with Crippen LogP contribution < -0.4 is 11.1 Å². The van der Waals surface area contributed by atoms with E-state index >= 15 is 0 Å². The highest BCUT2D eigenvalue weighted by molar-refractivity contribution is 8.00. The van der Waals surface area contributed by atoms with E-state index in [4.69, 9.17) is 21.8 Å². The number of nitrogens with two attached hydrogens (primary N) is 1. The Kier molecular flexibility index (Phi) is 4.62. The third-order valence-electron chi connectivity index (χ3n) is 2.74. The average Bonchev–Trinajstić information content (AvgIpc) is 2.78. The lowest BCUT2D eigenvalue weighted by atomic mass is 10.2. The van der Waals surface area contributed by atoms with Crippen LogP contribution in [0.5, 0.6) is 0 Å². The lowest BCUT2D eigenvalue weighted by molar-refractivity contribution is -0.115. The van der Waals surface area contributed by atoms with Crippen molar-refractivity contribution in [2.75, 3.05) is 11.1 Å². The molecule has 2 rings (SSSR count). The molecule has 0 saturated heterocycles. The maximum atomic E-state index is 12.1. The van der Waals surface area contributed by atoms with Crippen molar-refractivity contribution in [2.24, 2.45) is 0 Å². The first-order valence-corrected chi connectivity index (χ1v) is 7.30. The molecule has 2 aromatic rings. The topological polar surface area (TPSA) is 68.3 Å². The number of nitrogens with one attached hydrogen (secondary N) is 1. The van der Waals surface area contributed by atoms with Crippen molar-refractivity contribution in [1.82, 2.24) is 0 Å². The third-order valence-corrected chi connectivity index (χ3v) is 4.29. The molecular formula is C14H15ClN2O2S. The quantitative estimate of drug-likeness (QED) is 0.663. The molecule has 0 fully saturated rings. The summed E-state index contributed by atoms with van der Waals surface area (Å²) in [6.07, 6.45) is 1.61. The van der Waals surface area contributed by atoms with Gasteiger partial charge in [-0.1, -0.05) is 11.6 Å². The zero-order valence-corrected chi connectivity index (χ0v) is 12.7. The van der Waals surface area contributed by atoms with E-state index in [1.165, 1.54) is 11.8 Å². The average molecular weight is 311 g/mol. The first-order chi connectivity index (χ1) is 9.47. The van der Waals surface area contributed by atoms with Gasteiger partial charge in [0, 0.05) is 10.6 Å². The minimum Gasteiger partial charge on any atom is -0.468 e. The van der Waals surface area contributed by atoms with Gasteiger partial charge in [0.05, 0.1) is 22.2 Å². The third kappa shape index (κ3) is 3.49. The number of anilines is 2. The number of nitrogen functional groups attached to an aromatic ring is 1. The van der Waals surface area contributed by atoms with Gasteiger partial charge in [0.2, 0.25) is 5.91 Å². The molecule has 4 nitrogen and oxygen atoms in total. The normalized spacial score (nSPS) is 12.2. The zero-order valence-electron chi connectivity index (χ0n) is 11.1. The number of rotatable bonds is 4. The maximum Gasteiger partial charge on any atom is 0.237 e. The van der Waals surface area contributed by atoms with E-state index < -0.39 is 0 Å². The van der Waals surface area contributed by atoms with Gasteiger partial charge in [-0.25, -0.2) is 0 Å². The first kappa shape index (κ1) is 14.8. The van der Waals surface area contributed by atoms with Crippen molar-refractivity contribution in [3.05, 3.63) is 41.3 Å². The predicted molar refractivity (Wildman–Crippen MR) is 83.3 cm³/mol. The van der Waals surface area contributed by atoms with Crippen LogP contribution in [0.1, 0.15) is 12.7 Å². The van der Waals surface area contributed by atoms with E-state index in [1.54, 1.807) is 24.5 Å². The number of furan rings is 1. The molecule has 0 bridgehead atoms. The maximum absolute atomic E-state index is 12.1. The Morgan fingerprint density at radius 2 is 2.20 bits per heavy atom. The molecule has 1 unspecified atom stereocenters. The minimum atomic E-state index is -0.264. The molecule has 0 saturated carbocycles. The number of carbonyl (C=O) groups is 1. The molecule has 1 aromatic heterocycles. The number of hydrogen-bond acceptors (Lipinski definition) is 4. The molecule has 0 spiro atoms. The van der Waals surface area contributed by atoms with Crippen molar-refractivity contribution < 1.29 is 9.21 Å². The van der Waals surface area contributed by atoms with Crippen molar-refractivity contribution in [3.63, 3.8) is 0 Å². The van der Waals surface area contributed by atoms with E-state index in [0.717, 1.165) is 10.7 Å². The molecular weight excluding hydrogens is 296 g/mol. The minimum absolute atomic E-state index is 0.123. The van der Waals surface area contributed by atoms with Crippen LogP contribution in [0.25, 0.3) is 0 Å². The van der Waals surface area contributed by atoms with Crippen LogP contribution in [0.2, 0.25) is 5.02 Å². The Bertz CT molecular complexity index is 627. The van der Waals surface area contributed by atoms with Crippen LogP contribution in [0.3, 0.4) is 0 Å². The highest BCUT2D eigenvalue weighted by Crippen LogP contribution is 2.29. The number of carbonyl (C=O) groups excluding carboxylic acids is 1. The van der Waals surface area contributed by atoms with Crippen LogP contribution in [0.4, 0.5) is 11.4 Å². The molecule has 1 atom stereocenters. The summed E-state index contributed by atoms with van der Waals surface area (Å²) in [5.41, 5.74) is 6.73. The Morgan fingerprint density at radius 3 is 2.80 bits per heavy atom. The van der Waals surface area contributed by atoms with Gasteiger partial charge in [-0.2, -0.15) is 0 Å². The molecule has 1 heterocycles. The number of benzene rings is 1. The number of amides is 1. The van der Waals surface area contributed by atoms with Gasteiger partial charge in [-0.05, 0) is 38.1 Å². The van der Waals surface area contributed by atoms with Gasteiger partial charge in [-0.15, -0.1) is 11.8 Å².